The van der Waals surface area contributed by atoms with Gasteiger partial charge in [0.05, 0.1) is 0 Å². The molecule has 1 aliphatic heterocycles. The van der Waals surface area contributed by atoms with E-state index in [0.29, 0.717) is 6.04 Å². The molecule has 2 aromatic carbocycles. The summed E-state index contributed by atoms with van der Waals surface area (Å²) in [4.78, 5) is 5.14. The fraction of sp³-hybridized carbons (Fsp3) is 0.429. The lowest BCUT2D eigenvalue weighted by molar-refractivity contribution is 0.0963. The molecule has 3 heteroatoms. The second-order valence-corrected chi connectivity index (χ2v) is 6.63. The van der Waals surface area contributed by atoms with Crippen LogP contribution in [-0.4, -0.2) is 42.0 Å². The Bertz CT molecular complexity index is 621. The molecule has 0 unspecified atom stereocenters. The van der Waals surface area contributed by atoms with Crippen LogP contribution >= 0.6 is 0 Å². The second-order valence-electron chi connectivity index (χ2n) is 6.63. The van der Waals surface area contributed by atoms with E-state index in [1.807, 2.05) is 36.4 Å². The quantitative estimate of drug-likeness (QED) is 0.783. The van der Waals surface area contributed by atoms with Gasteiger partial charge in [0.1, 0.15) is 11.5 Å². The third-order valence-electron chi connectivity index (χ3n) is 4.90. The lowest BCUT2D eigenvalue weighted by Crippen LogP contribution is -2.48. The molecule has 0 N–H and O–H groups in total. The van der Waals surface area contributed by atoms with Crippen LogP contribution in [0.15, 0.2) is 54.6 Å². The molecule has 0 saturated carbocycles. The minimum absolute atomic E-state index is 0.703. The Morgan fingerprint density at radius 3 is 2.33 bits per heavy atom. The van der Waals surface area contributed by atoms with Crippen LogP contribution in [0.1, 0.15) is 25.8 Å². The van der Waals surface area contributed by atoms with Crippen LogP contribution in [0.2, 0.25) is 0 Å². The molecule has 1 fully saturated rings. The number of nitrogens with zero attached hydrogens (tertiary/aromatic N) is 2. The van der Waals surface area contributed by atoms with Crippen molar-refractivity contribution in [3.8, 4) is 11.5 Å². The van der Waals surface area contributed by atoms with E-state index in [-0.39, 0.29) is 0 Å². The third kappa shape index (κ3) is 4.59. The smallest absolute Gasteiger partial charge is 0.127 e. The number of para-hydroxylation sites is 1. The maximum atomic E-state index is 5.94. The van der Waals surface area contributed by atoms with Gasteiger partial charge < -0.3 is 4.74 Å². The minimum Gasteiger partial charge on any atom is -0.457 e. The SMILES string of the molecule is CC[C@H](C)N1CCN(Cc2cccc(Oc3ccccc3)c2)CC1. The first-order valence-corrected chi connectivity index (χ1v) is 9.03. The Labute approximate surface area is 145 Å². The Morgan fingerprint density at radius 2 is 1.62 bits per heavy atom. The summed E-state index contributed by atoms with van der Waals surface area (Å²) in [5.74, 6) is 1.80. The molecule has 3 rings (SSSR count). The molecule has 1 heterocycles. The van der Waals surface area contributed by atoms with Gasteiger partial charge in [-0.2, -0.15) is 0 Å². The predicted molar refractivity (Wildman–Crippen MR) is 99.6 cm³/mol. The van der Waals surface area contributed by atoms with E-state index >= 15 is 0 Å². The number of benzene rings is 2. The first kappa shape index (κ1) is 17.0. The van der Waals surface area contributed by atoms with Crippen molar-refractivity contribution in [2.24, 2.45) is 0 Å². The van der Waals surface area contributed by atoms with Gasteiger partial charge in [-0.1, -0.05) is 37.3 Å². The molecule has 0 bridgehead atoms. The van der Waals surface area contributed by atoms with Gasteiger partial charge in [0.25, 0.3) is 0 Å². The average molecular weight is 324 g/mol. The Morgan fingerprint density at radius 1 is 0.917 bits per heavy atom. The number of piperazine rings is 1. The van der Waals surface area contributed by atoms with Crippen molar-refractivity contribution in [2.75, 3.05) is 26.2 Å². The van der Waals surface area contributed by atoms with E-state index in [9.17, 15) is 0 Å². The first-order chi connectivity index (χ1) is 11.7. The van der Waals surface area contributed by atoms with Crippen molar-refractivity contribution in [1.29, 1.82) is 0 Å². The van der Waals surface area contributed by atoms with Gasteiger partial charge in [0.15, 0.2) is 0 Å². The summed E-state index contributed by atoms with van der Waals surface area (Å²) < 4.78 is 5.94. The molecule has 0 radical (unpaired) electrons. The highest BCUT2D eigenvalue weighted by Gasteiger charge is 2.20. The lowest BCUT2D eigenvalue weighted by Gasteiger charge is -2.37. The molecule has 0 aromatic heterocycles. The fourth-order valence-electron chi connectivity index (χ4n) is 3.21. The molecule has 2 aromatic rings. The molecule has 0 spiro atoms. The van der Waals surface area contributed by atoms with Crippen molar-refractivity contribution in [3.63, 3.8) is 0 Å². The van der Waals surface area contributed by atoms with Crippen molar-refractivity contribution < 1.29 is 4.74 Å². The summed E-state index contributed by atoms with van der Waals surface area (Å²) in [7, 11) is 0. The zero-order valence-corrected chi connectivity index (χ0v) is 14.8. The monoisotopic (exact) mass is 324 g/mol. The molecule has 0 amide bonds. The van der Waals surface area contributed by atoms with Gasteiger partial charge in [-0.15, -0.1) is 0 Å². The number of rotatable bonds is 6. The largest absolute Gasteiger partial charge is 0.457 e. The Balaban J connectivity index is 1.56. The summed E-state index contributed by atoms with van der Waals surface area (Å²) >= 11 is 0. The van der Waals surface area contributed by atoms with Crippen LogP contribution in [0.3, 0.4) is 0 Å². The normalized spacial score (nSPS) is 17.6. The van der Waals surface area contributed by atoms with Crippen LogP contribution in [0.25, 0.3) is 0 Å². The van der Waals surface area contributed by atoms with Gasteiger partial charge in [-0.25, -0.2) is 0 Å². The number of hydrogen-bond acceptors (Lipinski definition) is 3. The highest BCUT2D eigenvalue weighted by molar-refractivity contribution is 5.33. The van der Waals surface area contributed by atoms with Gasteiger partial charge in [0, 0.05) is 38.8 Å². The van der Waals surface area contributed by atoms with Crippen LogP contribution in [0, 0.1) is 0 Å². The van der Waals surface area contributed by atoms with Gasteiger partial charge in [0.2, 0.25) is 0 Å². The predicted octanol–water partition coefficient (Wildman–Crippen LogP) is 4.40. The average Bonchev–Trinajstić information content (AvgIpc) is 2.63. The van der Waals surface area contributed by atoms with E-state index in [1.54, 1.807) is 0 Å². The van der Waals surface area contributed by atoms with Crippen molar-refractivity contribution in [2.45, 2.75) is 32.9 Å². The van der Waals surface area contributed by atoms with Crippen molar-refractivity contribution in [1.82, 2.24) is 9.80 Å². The molecule has 24 heavy (non-hydrogen) atoms. The van der Waals surface area contributed by atoms with Crippen molar-refractivity contribution >= 4 is 0 Å². The van der Waals surface area contributed by atoms with E-state index < -0.39 is 0 Å². The summed E-state index contributed by atoms with van der Waals surface area (Å²) in [6, 6.07) is 19.1. The van der Waals surface area contributed by atoms with E-state index in [0.717, 1.165) is 31.1 Å². The minimum atomic E-state index is 0.703. The van der Waals surface area contributed by atoms with Crippen LogP contribution in [0.4, 0.5) is 0 Å². The number of ether oxygens (including phenoxy) is 1. The molecule has 1 saturated heterocycles. The van der Waals surface area contributed by atoms with Crippen molar-refractivity contribution in [3.05, 3.63) is 60.2 Å². The molecule has 128 valence electrons. The molecule has 0 aliphatic carbocycles. The van der Waals surface area contributed by atoms with Crippen LogP contribution in [0.5, 0.6) is 11.5 Å². The Hall–Kier alpha value is -1.84. The van der Waals surface area contributed by atoms with Gasteiger partial charge in [-0.05, 0) is 43.2 Å². The molecule has 1 atom stereocenters. The highest BCUT2D eigenvalue weighted by Crippen LogP contribution is 2.22. The van der Waals surface area contributed by atoms with Crippen LogP contribution in [-0.2, 0) is 6.54 Å². The molecule has 1 aliphatic rings. The van der Waals surface area contributed by atoms with E-state index in [1.165, 1.54) is 25.1 Å². The second kappa shape index (κ2) is 8.32. The maximum Gasteiger partial charge on any atom is 0.127 e. The van der Waals surface area contributed by atoms with Gasteiger partial charge >= 0.3 is 0 Å². The van der Waals surface area contributed by atoms with E-state index in [4.69, 9.17) is 4.74 Å². The summed E-state index contributed by atoms with van der Waals surface area (Å²) in [5.41, 5.74) is 1.32. The molecular formula is C21H28N2O. The van der Waals surface area contributed by atoms with Gasteiger partial charge in [-0.3, -0.25) is 9.80 Å². The summed E-state index contributed by atoms with van der Waals surface area (Å²) in [5, 5.41) is 0. The zero-order chi connectivity index (χ0) is 16.8. The first-order valence-electron chi connectivity index (χ1n) is 9.03. The zero-order valence-electron chi connectivity index (χ0n) is 14.8. The lowest BCUT2D eigenvalue weighted by atomic mass is 10.1. The summed E-state index contributed by atoms with van der Waals surface area (Å²) in [6.07, 6.45) is 1.23. The Kier molecular flexibility index (Phi) is 5.89. The topological polar surface area (TPSA) is 15.7 Å². The maximum absolute atomic E-state index is 5.94. The molecular weight excluding hydrogens is 296 g/mol. The highest BCUT2D eigenvalue weighted by atomic mass is 16.5. The van der Waals surface area contributed by atoms with Crippen LogP contribution < -0.4 is 4.74 Å². The summed E-state index contributed by atoms with van der Waals surface area (Å²) in [6.45, 7) is 10.3. The third-order valence-corrected chi connectivity index (χ3v) is 4.90. The standard InChI is InChI=1S/C21H28N2O/c1-3-18(2)23-14-12-22(13-15-23)17-19-8-7-11-21(16-19)24-20-9-5-4-6-10-20/h4-11,16,18H,3,12-15,17H2,1-2H3/t18-/m0/s1. The van der Waals surface area contributed by atoms with E-state index in [2.05, 4.69) is 41.8 Å². The molecule has 3 nitrogen and oxygen atoms in total. The fourth-order valence-corrected chi connectivity index (χ4v) is 3.21. The number of hydrogen-bond donors (Lipinski definition) is 0.